The maximum atomic E-state index is 9.03. The second-order valence-electron chi connectivity index (χ2n) is 3.96. The van der Waals surface area contributed by atoms with Crippen LogP contribution in [0.4, 0.5) is 0 Å². The summed E-state index contributed by atoms with van der Waals surface area (Å²) in [4.78, 5) is 8.05. The fraction of sp³-hybridized carbons (Fsp3) is 0.455. The van der Waals surface area contributed by atoms with Gasteiger partial charge in [0, 0.05) is 31.7 Å². The van der Waals surface area contributed by atoms with Crippen LogP contribution in [0.1, 0.15) is 18.2 Å². The van der Waals surface area contributed by atoms with Crippen LogP contribution in [0.2, 0.25) is 0 Å². The van der Waals surface area contributed by atoms with Crippen LogP contribution in [0.15, 0.2) is 31.2 Å². The molecule has 1 unspecified atom stereocenters. The molecule has 0 amide bonds. The first-order chi connectivity index (χ1) is 8.31. The number of hydrogen-bond acceptors (Lipinski definition) is 4. The molecule has 2 aromatic heterocycles. The van der Waals surface area contributed by atoms with Gasteiger partial charge in [0.05, 0.1) is 31.0 Å². The third kappa shape index (κ3) is 2.92. The van der Waals surface area contributed by atoms with E-state index in [9.17, 15) is 0 Å². The van der Waals surface area contributed by atoms with Crippen molar-refractivity contribution >= 4 is 0 Å². The van der Waals surface area contributed by atoms with Gasteiger partial charge in [0.2, 0.25) is 0 Å². The smallest absolute Gasteiger partial charge is 0.0948 e. The summed E-state index contributed by atoms with van der Waals surface area (Å²) in [5.41, 5.74) is 6.65. The van der Waals surface area contributed by atoms with E-state index in [1.54, 1.807) is 25.0 Å². The molecule has 0 aliphatic carbocycles. The largest absolute Gasteiger partial charge is 0.394 e. The van der Waals surface area contributed by atoms with Crippen LogP contribution < -0.4 is 5.73 Å². The number of aliphatic hydroxyl groups excluding tert-OH is 1. The third-order valence-corrected chi connectivity index (χ3v) is 2.70. The van der Waals surface area contributed by atoms with Gasteiger partial charge in [0.15, 0.2) is 0 Å². The van der Waals surface area contributed by atoms with Gasteiger partial charge in [-0.05, 0) is 6.42 Å². The molecule has 0 fully saturated rings. The van der Waals surface area contributed by atoms with Gasteiger partial charge < -0.3 is 20.0 Å². The highest BCUT2D eigenvalue weighted by Gasteiger charge is 2.09. The average Bonchev–Trinajstić information content (AvgIpc) is 2.99. The van der Waals surface area contributed by atoms with Crippen molar-refractivity contribution in [2.75, 3.05) is 6.61 Å². The molecular formula is C11H17N5O. The van der Waals surface area contributed by atoms with E-state index in [0.29, 0.717) is 0 Å². The van der Waals surface area contributed by atoms with Crippen LogP contribution in [-0.2, 0) is 13.1 Å². The van der Waals surface area contributed by atoms with Gasteiger partial charge >= 0.3 is 0 Å². The topological polar surface area (TPSA) is 81.9 Å². The van der Waals surface area contributed by atoms with Crippen LogP contribution >= 0.6 is 0 Å². The molecule has 92 valence electrons. The molecule has 0 radical (unpaired) electrons. The van der Waals surface area contributed by atoms with Gasteiger partial charge in [-0.15, -0.1) is 0 Å². The molecule has 6 nitrogen and oxygen atoms in total. The van der Waals surface area contributed by atoms with Crippen LogP contribution in [0, 0.1) is 0 Å². The number of aryl methyl sites for hydroxylation is 2. The Balaban J connectivity index is 1.88. The Morgan fingerprint density at radius 1 is 1.29 bits per heavy atom. The number of nitrogens with two attached hydrogens (primary N) is 1. The molecule has 0 aliphatic rings. The van der Waals surface area contributed by atoms with Crippen molar-refractivity contribution in [2.24, 2.45) is 5.73 Å². The average molecular weight is 235 g/mol. The minimum Gasteiger partial charge on any atom is -0.394 e. The minimum absolute atomic E-state index is 0.0623. The molecule has 6 heteroatoms. The predicted molar refractivity (Wildman–Crippen MR) is 63.1 cm³/mol. The number of aliphatic hydroxyl groups is 1. The van der Waals surface area contributed by atoms with Gasteiger partial charge in [0.1, 0.15) is 0 Å². The molecule has 0 saturated carbocycles. The van der Waals surface area contributed by atoms with E-state index in [4.69, 9.17) is 10.8 Å². The molecule has 0 bridgehead atoms. The molecule has 0 spiro atoms. The Bertz CT molecular complexity index is 436. The van der Waals surface area contributed by atoms with Gasteiger partial charge in [0.25, 0.3) is 0 Å². The Morgan fingerprint density at radius 3 is 2.88 bits per heavy atom. The van der Waals surface area contributed by atoms with E-state index in [-0.39, 0.29) is 12.6 Å². The van der Waals surface area contributed by atoms with Crippen LogP contribution in [0.5, 0.6) is 0 Å². The summed E-state index contributed by atoms with van der Waals surface area (Å²) in [6.45, 7) is 1.68. The van der Waals surface area contributed by atoms with Crippen molar-refractivity contribution in [3.8, 4) is 0 Å². The predicted octanol–water partition coefficient (Wildman–Crippen LogP) is 0.162. The van der Waals surface area contributed by atoms with Crippen molar-refractivity contribution in [3.63, 3.8) is 0 Å². The van der Waals surface area contributed by atoms with E-state index >= 15 is 0 Å². The second kappa shape index (κ2) is 5.60. The Labute approximate surface area is 99.7 Å². The van der Waals surface area contributed by atoms with E-state index in [2.05, 4.69) is 9.97 Å². The molecule has 2 aromatic rings. The highest BCUT2D eigenvalue weighted by atomic mass is 16.3. The summed E-state index contributed by atoms with van der Waals surface area (Å²) in [5.74, 6) is 0. The van der Waals surface area contributed by atoms with Crippen molar-refractivity contribution in [2.45, 2.75) is 25.6 Å². The summed E-state index contributed by atoms with van der Waals surface area (Å²) in [6, 6.07) is -0.356. The summed E-state index contributed by atoms with van der Waals surface area (Å²) in [6.07, 6.45) is 9.93. The second-order valence-corrected chi connectivity index (χ2v) is 3.96. The monoisotopic (exact) mass is 235 g/mol. The summed E-state index contributed by atoms with van der Waals surface area (Å²) in [5, 5.41) is 9.03. The fourth-order valence-electron chi connectivity index (χ4n) is 1.76. The Morgan fingerprint density at radius 2 is 2.18 bits per heavy atom. The maximum absolute atomic E-state index is 9.03. The molecule has 2 heterocycles. The first-order valence-corrected chi connectivity index (χ1v) is 5.63. The zero-order chi connectivity index (χ0) is 12.1. The van der Waals surface area contributed by atoms with Crippen LogP contribution in [0.25, 0.3) is 0 Å². The number of hydrogen-bond donors (Lipinski definition) is 2. The molecular weight excluding hydrogens is 218 g/mol. The standard InChI is InChI=1S/C11H17N5O/c12-10(7-17)11-6-14-9-16(11)4-1-3-15-5-2-13-8-15/h2,5-6,8-10,17H,1,3-4,7,12H2. The highest BCUT2D eigenvalue weighted by Crippen LogP contribution is 2.09. The fourth-order valence-corrected chi connectivity index (χ4v) is 1.76. The zero-order valence-electron chi connectivity index (χ0n) is 9.61. The van der Waals surface area contributed by atoms with Gasteiger partial charge in [-0.3, -0.25) is 0 Å². The van der Waals surface area contributed by atoms with Crippen molar-refractivity contribution in [3.05, 3.63) is 36.9 Å². The number of aromatic nitrogens is 4. The first-order valence-electron chi connectivity index (χ1n) is 5.63. The van der Waals surface area contributed by atoms with Gasteiger partial charge in [-0.1, -0.05) is 0 Å². The lowest BCUT2D eigenvalue weighted by atomic mass is 10.2. The van der Waals surface area contributed by atoms with Crippen molar-refractivity contribution in [1.82, 2.24) is 19.1 Å². The number of rotatable bonds is 6. The zero-order valence-corrected chi connectivity index (χ0v) is 9.61. The molecule has 0 saturated heterocycles. The number of nitrogens with zero attached hydrogens (tertiary/aromatic N) is 4. The van der Waals surface area contributed by atoms with Crippen molar-refractivity contribution < 1.29 is 5.11 Å². The van der Waals surface area contributed by atoms with Crippen molar-refractivity contribution in [1.29, 1.82) is 0 Å². The van der Waals surface area contributed by atoms with Crippen LogP contribution in [-0.4, -0.2) is 30.8 Å². The maximum Gasteiger partial charge on any atom is 0.0948 e. The number of imidazole rings is 2. The third-order valence-electron chi connectivity index (χ3n) is 2.70. The molecule has 3 N–H and O–H groups in total. The Hall–Kier alpha value is -1.66. The molecule has 0 aliphatic heterocycles. The van der Waals surface area contributed by atoms with Crippen LogP contribution in [0.3, 0.4) is 0 Å². The molecule has 2 rings (SSSR count). The summed E-state index contributed by atoms with van der Waals surface area (Å²) < 4.78 is 4.01. The summed E-state index contributed by atoms with van der Waals surface area (Å²) in [7, 11) is 0. The SMILES string of the molecule is NC(CO)c1cncn1CCCn1ccnc1. The lowest BCUT2D eigenvalue weighted by molar-refractivity contribution is 0.263. The molecule has 17 heavy (non-hydrogen) atoms. The lowest BCUT2D eigenvalue weighted by Gasteiger charge is -2.12. The normalized spacial score (nSPS) is 12.8. The van der Waals surface area contributed by atoms with E-state index < -0.39 is 0 Å². The Kier molecular flexibility index (Phi) is 3.89. The first kappa shape index (κ1) is 11.8. The van der Waals surface area contributed by atoms with E-state index in [1.165, 1.54) is 0 Å². The summed E-state index contributed by atoms with van der Waals surface area (Å²) >= 11 is 0. The highest BCUT2D eigenvalue weighted by molar-refractivity contribution is 5.04. The van der Waals surface area contributed by atoms with Gasteiger partial charge in [-0.25, -0.2) is 9.97 Å². The lowest BCUT2D eigenvalue weighted by Crippen LogP contribution is -2.19. The minimum atomic E-state index is -0.356. The van der Waals surface area contributed by atoms with E-state index in [1.807, 2.05) is 15.3 Å². The van der Waals surface area contributed by atoms with Gasteiger partial charge in [-0.2, -0.15) is 0 Å². The molecule has 0 aromatic carbocycles. The quantitative estimate of drug-likeness (QED) is 0.747. The molecule has 1 atom stereocenters. The van der Waals surface area contributed by atoms with E-state index in [0.717, 1.165) is 25.2 Å².